The predicted octanol–water partition coefficient (Wildman–Crippen LogP) is 3.57. The molecule has 0 unspecified atom stereocenters. The fourth-order valence-electron chi connectivity index (χ4n) is 2.71. The smallest absolute Gasteiger partial charge is 0.263 e. The van der Waals surface area contributed by atoms with E-state index in [1.54, 1.807) is 6.07 Å². The van der Waals surface area contributed by atoms with E-state index in [-0.39, 0.29) is 18.0 Å². The predicted molar refractivity (Wildman–Crippen MR) is 94.7 cm³/mol. The minimum Gasteiger partial charge on any atom is -0.480 e. The molecule has 0 saturated heterocycles. The van der Waals surface area contributed by atoms with Crippen molar-refractivity contribution in [3.05, 3.63) is 41.0 Å². The molecule has 0 aliphatic rings. The lowest BCUT2D eigenvalue weighted by Gasteiger charge is -2.18. The number of ether oxygens (including phenoxy) is 1. The van der Waals surface area contributed by atoms with Crippen molar-refractivity contribution < 1.29 is 9.53 Å². The molecule has 0 spiro atoms. The number of fused-ring (bicyclic) bond motifs is 1. The first-order valence-electron chi connectivity index (χ1n) is 7.79. The second-order valence-electron chi connectivity index (χ2n) is 5.85. The van der Waals surface area contributed by atoms with Crippen molar-refractivity contribution in [2.45, 2.75) is 32.9 Å². The first kappa shape index (κ1) is 16.4. The van der Waals surface area contributed by atoms with Crippen LogP contribution >= 0.6 is 11.5 Å². The lowest BCUT2D eigenvalue weighted by molar-refractivity contribution is 0.0941. The summed E-state index contributed by atoms with van der Waals surface area (Å²) >= 11 is 1.12. The highest BCUT2D eigenvalue weighted by atomic mass is 32.1. The number of nitrogens with zero attached hydrogens (tertiary/aromatic N) is 3. The van der Waals surface area contributed by atoms with Crippen molar-refractivity contribution in [1.82, 2.24) is 19.2 Å². The first-order valence-corrected chi connectivity index (χ1v) is 8.57. The highest BCUT2D eigenvalue weighted by Gasteiger charge is 2.21. The molecular formula is C17H20N4O2S. The molecule has 1 aromatic carbocycles. The lowest BCUT2D eigenvalue weighted by Crippen LogP contribution is -2.28. The number of hydrogen-bond acceptors (Lipinski definition) is 5. The Labute approximate surface area is 144 Å². The van der Waals surface area contributed by atoms with E-state index in [1.807, 2.05) is 25.1 Å². The third kappa shape index (κ3) is 2.99. The Bertz CT molecular complexity index is 868. The van der Waals surface area contributed by atoms with Crippen LogP contribution in [0.15, 0.2) is 30.3 Å². The zero-order valence-electron chi connectivity index (χ0n) is 14.1. The number of para-hydroxylation sites is 2. The molecule has 0 aliphatic heterocycles. The zero-order chi connectivity index (χ0) is 17.3. The van der Waals surface area contributed by atoms with E-state index in [0.717, 1.165) is 28.4 Å². The number of rotatable bonds is 5. The largest absolute Gasteiger partial charge is 0.480 e. The molecule has 6 nitrogen and oxygen atoms in total. The van der Waals surface area contributed by atoms with Gasteiger partial charge in [0.25, 0.3) is 5.91 Å². The maximum atomic E-state index is 12.4. The second-order valence-corrected chi connectivity index (χ2v) is 6.66. The van der Waals surface area contributed by atoms with Gasteiger partial charge in [-0.05, 0) is 44.4 Å². The van der Waals surface area contributed by atoms with E-state index in [9.17, 15) is 4.79 Å². The normalized spacial score (nSPS) is 12.5. The van der Waals surface area contributed by atoms with Gasteiger partial charge in [0.2, 0.25) is 5.88 Å². The molecule has 1 N–H and O–H groups in total. The average molecular weight is 344 g/mol. The Balaban J connectivity index is 1.89. The number of hydrogen-bond donors (Lipinski definition) is 1. The fourth-order valence-corrected chi connectivity index (χ4v) is 3.32. The van der Waals surface area contributed by atoms with Crippen LogP contribution in [0.5, 0.6) is 5.88 Å². The highest BCUT2D eigenvalue weighted by Crippen LogP contribution is 2.25. The summed E-state index contributed by atoms with van der Waals surface area (Å²) in [5, 5.41) is 3.00. The first-order chi connectivity index (χ1) is 11.5. The minimum absolute atomic E-state index is 0.175. The quantitative estimate of drug-likeness (QED) is 0.768. The van der Waals surface area contributed by atoms with Crippen LogP contribution in [0.4, 0.5) is 0 Å². The van der Waals surface area contributed by atoms with Gasteiger partial charge in [0.05, 0.1) is 24.2 Å². The van der Waals surface area contributed by atoms with E-state index in [1.165, 1.54) is 7.11 Å². The molecule has 2 aromatic heterocycles. The number of carbonyl (C=O) groups excluding carboxylic acids is 1. The Kier molecular flexibility index (Phi) is 4.53. The molecule has 1 amide bonds. The highest BCUT2D eigenvalue weighted by molar-refractivity contribution is 7.08. The molecule has 0 fully saturated rings. The molecule has 3 aromatic rings. The number of aromatic nitrogens is 3. The van der Waals surface area contributed by atoms with Gasteiger partial charge >= 0.3 is 0 Å². The molecular weight excluding hydrogens is 324 g/mol. The van der Waals surface area contributed by atoms with Crippen LogP contribution < -0.4 is 10.1 Å². The van der Waals surface area contributed by atoms with Crippen molar-refractivity contribution in [3.63, 3.8) is 0 Å². The standard InChI is InChI=1S/C17H20N4O2S/c1-10(2)21-13-8-6-5-7-12(13)19-16(21)11(3)18-17(22)14-9-15(23-4)20-24-14/h5-11H,1-4H3,(H,18,22)/t11-/m1/s1. The van der Waals surface area contributed by atoms with Crippen molar-refractivity contribution in [2.24, 2.45) is 0 Å². The third-order valence-corrected chi connectivity index (χ3v) is 4.57. The summed E-state index contributed by atoms with van der Waals surface area (Å²) in [5.41, 5.74) is 2.00. The van der Waals surface area contributed by atoms with E-state index in [0.29, 0.717) is 10.8 Å². The third-order valence-electron chi connectivity index (χ3n) is 3.80. The van der Waals surface area contributed by atoms with E-state index < -0.39 is 0 Å². The number of amides is 1. The summed E-state index contributed by atoms with van der Waals surface area (Å²) in [4.78, 5) is 17.7. The zero-order valence-corrected chi connectivity index (χ0v) is 14.9. The Hall–Kier alpha value is -2.41. The van der Waals surface area contributed by atoms with Gasteiger partial charge in [0.1, 0.15) is 10.7 Å². The Morgan fingerprint density at radius 3 is 2.71 bits per heavy atom. The maximum Gasteiger partial charge on any atom is 0.263 e. The number of nitrogens with one attached hydrogen (secondary N) is 1. The van der Waals surface area contributed by atoms with Crippen LogP contribution in [0.3, 0.4) is 0 Å². The van der Waals surface area contributed by atoms with Crippen LogP contribution in [0.2, 0.25) is 0 Å². The monoisotopic (exact) mass is 344 g/mol. The maximum absolute atomic E-state index is 12.4. The van der Waals surface area contributed by atoms with Crippen molar-refractivity contribution in [3.8, 4) is 5.88 Å². The summed E-state index contributed by atoms with van der Waals surface area (Å²) in [6.45, 7) is 6.16. The van der Waals surface area contributed by atoms with Gasteiger partial charge in [-0.3, -0.25) is 4.79 Å². The number of imidazole rings is 1. The Morgan fingerprint density at radius 1 is 1.29 bits per heavy atom. The second kappa shape index (κ2) is 6.60. The molecule has 0 radical (unpaired) electrons. The lowest BCUT2D eigenvalue weighted by atomic mass is 10.2. The summed E-state index contributed by atoms with van der Waals surface area (Å²) in [5.74, 6) is 1.12. The summed E-state index contributed by atoms with van der Waals surface area (Å²) in [7, 11) is 1.53. The van der Waals surface area contributed by atoms with Gasteiger partial charge < -0.3 is 14.6 Å². The molecule has 0 saturated carbocycles. The Morgan fingerprint density at radius 2 is 2.04 bits per heavy atom. The van der Waals surface area contributed by atoms with Gasteiger partial charge in [-0.2, -0.15) is 4.37 Å². The van der Waals surface area contributed by atoms with Gasteiger partial charge in [-0.1, -0.05) is 12.1 Å². The van der Waals surface area contributed by atoms with Crippen LogP contribution in [0.1, 0.15) is 48.4 Å². The fraction of sp³-hybridized carbons (Fsp3) is 0.353. The molecule has 126 valence electrons. The summed E-state index contributed by atoms with van der Waals surface area (Å²) in [6.07, 6.45) is 0. The SMILES string of the molecule is COc1cc(C(=O)N[C@H](C)c2nc3ccccc3n2C(C)C)sn1. The van der Waals surface area contributed by atoms with Gasteiger partial charge in [-0.15, -0.1) is 0 Å². The van der Waals surface area contributed by atoms with Crippen molar-refractivity contribution in [2.75, 3.05) is 7.11 Å². The van der Waals surface area contributed by atoms with Crippen LogP contribution in [0, 0.1) is 0 Å². The van der Waals surface area contributed by atoms with Crippen LogP contribution in [0.25, 0.3) is 11.0 Å². The van der Waals surface area contributed by atoms with E-state index in [2.05, 4.69) is 34.2 Å². The summed E-state index contributed by atoms with van der Waals surface area (Å²) in [6, 6.07) is 9.67. The van der Waals surface area contributed by atoms with Crippen molar-refractivity contribution >= 4 is 28.5 Å². The van der Waals surface area contributed by atoms with E-state index in [4.69, 9.17) is 9.72 Å². The molecule has 1 atom stereocenters. The molecule has 0 aliphatic carbocycles. The molecule has 3 rings (SSSR count). The van der Waals surface area contributed by atoms with Crippen LogP contribution in [-0.2, 0) is 0 Å². The average Bonchev–Trinajstić information content (AvgIpc) is 3.19. The van der Waals surface area contributed by atoms with Crippen LogP contribution in [-0.4, -0.2) is 26.9 Å². The van der Waals surface area contributed by atoms with Gasteiger partial charge in [-0.25, -0.2) is 4.98 Å². The van der Waals surface area contributed by atoms with Crippen molar-refractivity contribution in [1.29, 1.82) is 0 Å². The number of benzene rings is 1. The number of carbonyl (C=O) groups is 1. The molecule has 0 bridgehead atoms. The summed E-state index contributed by atoms with van der Waals surface area (Å²) < 4.78 is 11.2. The minimum atomic E-state index is -0.222. The molecule has 2 heterocycles. The molecule has 7 heteroatoms. The molecule has 24 heavy (non-hydrogen) atoms. The van der Waals surface area contributed by atoms with Gasteiger partial charge in [0, 0.05) is 12.1 Å². The topological polar surface area (TPSA) is 69.0 Å². The van der Waals surface area contributed by atoms with E-state index >= 15 is 0 Å². The van der Waals surface area contributed by atoms with Gasteiger partial charge in [0.15, 0.2) is 0 Å². The number of methoxy groups -OCH3 is 1.